The predicted octanol–water partition coefficient (Wildman–Crippen LogP) is 0.790. The van der Waals surface area contributed by atoms with Crippen LogP contribution in [-0.4, -0.2) is 23.2 Å². The Hall–Kier alpha value is -1.39. The van der Waals surface area contributed by atoms with Crippen molar-refractivity contribution in [2.24, 2.45) is 5.73 Å². The summed E-state index contributed by atoms with van der Waals surface area (Å²) < 4.78 is 0. The Kier molecular flexibility index (Phi) is 3.45. The quantitative estimate of drug-likeness (QED) is 0.705. The van der Waals surface area contributed by atoms with E-state index in [1.807, 2.05) is 12.1 Å². The molecule has 1 aliphatic carbocycles. The van der Waals surface area contributed by atoms with Crippen molar-refractivity contribution in [2.75, 3.05) is 6.61 Å². The maximum absolute atomic E-state index is 10.9. The molecule has 1 aliphatic rings. The van der Waals surface area contributed by atoms with Gasteiger partial charge >= 0.3 is 0 Å². The van der Waals surface area contributed by atoms with E-state index >= 15 is 0 Å². The Bertz CT molecular complexity index is 391. The lowest BCUT2D eigenvalue weighted by atomic mass is 9.77. The fourth-order valence-corrected chi connectivity index (χ4v) is 2.07. The van der Waals surface area contributed by atoms with E-state index in [-0.39, 0.29) is 12.1 Å². The van der Waals surface area contributed by atoms with Gasteiger partial charge in [-0.15, -0.1) is 0 Å². The minimum atomic E-state index is -0.407. The molecule has 1 aromatic rings. The first-order valence-corrected chi connectivity index (χ1v) is 5.90. The maximum atomic E-state index is 10.9. The topological polar surface area (TPSA) is 75.4 Å². The van der Waals surface area contributed by atoms with Crippen molar-refractivity contribution in [3.05, 3.63) is 35.4 Å². The van der Waals surface area contributed by atoms with Crippen LogP contribution in [0.4, 0.5) is 0 Å². The second-order valence-corrected chi connectivity index (χ2v) is 4.71. The molecule has 2 rings (SSSR count). The van der Waals surface area contributed by atoms with Crippen LogP contribution in [0.1, 0.15) is 35.2 Å². The number of amides is 1. The van der Waals surface area contributed by atoms with Crippen LogP contribution in [0.25, 0.3) is 0 Å². The van der Waals surface area contributed by atoms with Crippen molar-refractivity contribution in [1.82, 2.24) is 5.32 Å². The van der Waals surface area contributed by atoms with Crippen LogP contribution in [-0.2, 0) is 6.54 Å². The summed E-state index contributed by atoms with van der Waals surface area (Å²) in [6.07, 6.45) is 3.24. The summed E-state index contributed by atoms with van der Waals surface area (Å²) in [4.78, 5) is 10.9. The van der Waals surface area contributed by atoms with Gasteiger partial charge in [-0.25, -0.2) is 0 Å². The second kappa shape index (κ2) is 4.85. The van der Waals surface area contributed by atoms with E-state index in [1.54, 1.807) is 12.1 Å². The zero-order valence-corrected chi connectivity index (χ0v) is 9.78. The number of nitrogens with one attached hydrogen (secondary N) is 1. The van der Waals surface area contributed by atoms with Crippen molar-refractivity contribution in [2.45, 2.75) is 31.3 Å². The summed E-state index contributed by atoms with van der Waals surface area (Å²) in [7, 11) is 0. The van der Waals surface area contributed by atoms with E-state index in [9.17, 15) is 9.90 Å². The van der Waals surface area contributed by atoms with Gasteiger partial charge in [-0.3, -0.25) is 4.79 Å². The number of hydrogen-bond donors (Lipinski definition) is 3. The van der Waals surface area contributed by atoms with Crippen molar-refractivity contribution in [1.29, 1.82) is 0 Å². The van der Waals surface area contributed by atoms with Gasteiger partial charge in [0.2, 0.25) is 5.91 Å². The van der Waals surface area contributed by atoms with Crippen LogP contribution < -0.4 is 11.1 Å². The first kappa shape index (κ1) is 12.1. The van der Waals surface area contributed by atoms with Gasteiger partial charge in [-0.1, -0.05) is 12.1 Å². The Morgan fingerprint density at radius 1 is 1.35 bits per heavy atom. The summed E-state index contributed by atoms with van der Waals surface area (Å²) >= 11 is 0. The summed E-state index contributed by atoms with van der Waals surface area (Å²) in [6.45, 7) is 0.895. The maximum Gasteiger partial charge on any atom is 0.248 e. The van der Waals surface area contributed by atoms with Crippen LogP contribution >= 0.6 is 0 Å². The molecule has 0 aromatic heterocycles. The first-order valence-electron chi connectivity index (χ1n) is 5.90. The summed E-state index contributed by atoms with van der Waals surface area (Å²) in [5, 5.41) is 12.7. The Morgan fingerprint density at radius 3 is 2.41 bits per heavy atom. The number of carbonyl (C=O) groups excluding carboxylic acids is 1. The smallest absolute Gasteiger partial charge is 0.248 e. The number of nitrogens with two attached hydrogens (primary N) is 1. The third-order valence-electron chi connectivity index (χ3n) is 3.52. The molecule has 0 atom stereocenters. The van der Waals surface area contributed by atoms with Crippen LogP contribution in [0.2, 0.25) is 0 Å². The number of rotatable bonds is 5. The number of hydrogen-bond acceptors (Lipinski definition) is 3. The van der Waals surface area contributed by atoms with E-state index in [0.717, 1.165) is 18.4 Å². The van der Waals surface area contributed by atoms with Gasteiger partial charge < -0.3 is 16.2 Å². The molecule has 0 heterocycles. The summed E-state index contributed by atoms with van der Waals surface area (Å²) in [5.74, 6) is -0.407. The van der Waals surface area contributed by atoms with Crippen molar-refractivity contribution < 1.29 is 9.90 Å². The molecule has 0 aliphatic heterocycles. The zero-order valence-electron chi connectivity index (χ0n) is 9.78. The lowest BCUT2D eigenvalue weighted by Gasteiger charge is -2.41. The molecule has 17 heavy (non-hydrogen) atoms. The van der Waals surface area contributed by atoms with Crippen LogP contribution in [0.3, 0.4) is 0 Å². The third-order valence-corrected chi connectivity index (χ3v) is 3.52. The Balaban J connectivity index is 1.93. The van der Waals surface area contributed by atoms with E-state index < -0.39 is 5.91 Å². The first-order chi connectivity index (χ1) is 8.15. The van der Waals surface area contributed by atoms with E-state index in [1.165, 1.54) is 6.42 Å². The molecule has 0 unspecified atom stereocenters. The average Bonchev–Trinajstić information content (AvgIpc) is 2.29. The van der Waals surface area contributed by atoms with Crippen LogP contribution in [0.5, 0.6) is 0 Å². The minimum Gasteiger partial charge on any atom is -0.394 e. The highest BCUT2D eigenvalue weighted by Gasteiger charge is 2.35. The highest BCUT2D eigenvalue weighted by molar-refractivity contribution is 5.92. The normalized spacial score (nSPS) is 17.5. The second-order valence-electron chi connectivity index (χ2n) is 4.71. The largest absolute Gasteiger partial charge is 0.394 e. The van der Waals surface area contributed by atoms with Crippen molar-refractivity contribution in [3.8, 4) is 0 Å². The lowest BCUT2D eigenvalue weighted by Crippen LogP contribution is -2.53. The fraction of sp³-hybridized carbons (Fsp3) is 0.462. The SMILES string of the molecule is NC(=O)c1ccc(CNC2(CO)CCC2)cc1. The van der Waals surface area contributed by atoms with Gasteiger partial charge in [0.1, 0.15) is 0 Å². The van der Waals surface area contributed by atoms with Gasteiger partial charge in [0.25, 0.3) is 0 Å². The van der Waals surface area contributed by atoms with Gasteiger partial charge in [0, 0.05) is 17.6 Å². The van der Waals surface area contributed by atoms with Gasteiger partial charge in [0.05, 0.1) is 6.61 Å². The number of aliphatic hydroxyl groups is 1. The number of carbonyl (C=O) groups is 1. The van der Waals surface area contributed by atoms with Crippen LogP contribution in [0, 0.1) is 0 Å². The predicted molar refractivity (Wildman–Crippen MR) is 65.5 cm³/mol. The molecule has 0 bridgehead atoms. The molecule has 1 aromatic carbocycles. The summed E-state index contributed by atoms with van der Waals surface area (Å²) in [6, 6.07) is 7.23. The van der Waals surface area contributed by atoms with E-state index in [2.05, 4.69) is 5.32 Å². The van der Waals surface area contributed by atoms with Crippen molar-refractivity contribution >= 4 is 5.91 Å². The van der Waals surface area contributed by atoms with Gasteiger partial charge in [-0.05, 0) is 37.0 Å². The zero-order chi connectivity index (χ0) is 12.3. The molecule has 0 saturated heterocycles. The van der Waals surface area contributed by atoms with Gasteiger partial charge in [-0.2, -0.15) is 0 Å². The molecule has 4 N–H and O–H groups in total. The third kappa shape index (κ3) is 2.65. The highest BCUT2D eigenvalue weighted by atomic mass is 16.3. The number of benzene rings is 1. The Labute approximate surface area is 101 Å². The fourth-order valence-electron chi connectivity index (χ4n) is 2.07. The molecule has 1 amide bonds. The molecule has 1 saturated carbocycles. The van der Waals surface area contributed by atoms with Gasteiger partial charge in [0.15, 0.2) is 0 Å². The molecule has 4 heteroatoms. The summed E-state index contributed by atoms with van der Waals surface area (Å²) in [5.41, 5.74) is 6.71. The number of aliphatic hydroxyl groups excluding tert-OH is 1. The van der Waals surface area contributed by atoms with Crippen molar-refractivity contribution in [3.63, 3.8) is 0 Å². The lowest BCUT2D eigenvalue weighted by molar-refractivity contribution is 0.0872. The van der Waals surface area contributed by atoms with Crippen LogP contribution in [0.15, 0.2) is 24.3 Å². The molecule has 0 spiro atoms. The Morgan fingerprint density at radius 2 is 2.00 bits per heavy atom. The average molecular weight is 234 g/mol. The van der Waals surface area contributed by atoms with E-state index in [0.29, 0.717) is 12.1 Å². The van der Waals surface area contributed by atoms with E-state index in [4.69, 9.17) is 5.73 Å². The minimum absolute atomic E-state index is 0.0810. The molecule has 4 nitrogen and oxygen atoms in total. The molecular formula is C13H18N2O2. The highest BCUT2D eigenvalue weighted by Crippen LogP contribution is 2.31. The monoisotopic (exact) mass is 234 g/mol. The standard InChI is InChI=1S/C13H18N2O2/c14-12(17)11-4-2-10(3-5-11)8-15-13(9-16)6-1-7-13/h2-5,15-16H,1,6-9H2,(H2,14,17). The molecular weight excluding hydrogens is 216 g/mol. The molecule has 1 fully saturated rings. The molecule has 92 valence electrons. The number of primary amides is 1. The molecule has 0 radical (unpaired) electrons.